The minimum atomic E-state index is 0.545. The Bertz CT molecular complexity index is 88.5. The molecule has 0 spiro atoms. The van der Waals surface area contributed by atoms with Crippen LogP contribution in [0.15, 0.2) is 12.2 Å². The fourth-order valence-corrected chi connectivity index (χ4v) is 0.821. The number of hydrogen-bond donors (Lipinski definition) is 2. The van der Waals surface area contributed by atoms with Crippen molar-refractivity contribution in [2.24, 2.45) is 0 Å². The van der Waals surface area contributed by atoms with Crippen molar-refractivity contribution in [1.82, 2.24) is 10.6 Å². The Balaban J connectivity index is 2.32. The monoisotopic (exact) mass is 112 g/mol. The lowest BCUT2D eigenvalue weighted by atomic mass is 10.2. The molecule has 0 amide bonds. The van der Waals surface area contributed by atoms with Crippen LogP contribution < -0.4 is 10.6 Å². The van der Waals surface area contributed by atoms with E-state index in [0.29, 0.717) is 6.04 Å². The van der Waals surface area contributed by atoms with Crippen LogP contribution in [0.2, 0.25) is 0 Å². The van der Waals surface area contributed by atoms with Gasteiger partial charge >= 0.3 is 0 Å². The van der Waals surface area contributed by atoms with Crippen LogP contribution in [0.4, 0.5) is 0 Å². The fraction of sp³-hybridized carbons (Fsp3) is 0.667. The van der Waals surface area contributed by atoms with E-state index in [4.69, 9.17) is 0 Å². The van der Waals surface area contributed by atoms with Crippen molar-refractivity contribution in [3.05, 3.63) is 12.2 Å². The molecule has 0 aromatic carbocycles. The average Bonchev–Trinajstić information content (AvgIpc) is 1.90. The predicted octanol–water partition coefficient (Wildman–Crippen LogP) is -0.266. The molecule has 0 fully saturated rings. The van der Waals surface area contributed by atoms with Crippen molar-refractivity contribution in [1.29, 1.82) is 0 Å². The highest BCUT2D eigenvalue weighted by Gasteiger charge is 2.01. The van der Waals surface area contributed by atoms with Crippen LogP contribution in [-0.4, -0.2) is 26.2 Å². The molecule has 0 saturated carbocycles. The largest absolute Gasteiger partial charge is 0.312 e. The van der Waals surface area contributed by atoms with Gasteiger partial charge in [-0.2, -0.15) is 0 Å². The molecule has 0 aromatic heterocycles. The first kappa shape index (κ1) is 5.79. The summed E-state index contributed by atoms with van der Waals surface area (Å²) in [7, 11) is 1.97. The zero-order chi connectivity index (χ0) is 5.82. The predicted molar refractivity (Wildman–Crippen MR) is 34.9 cm³/mol. The van der Waals surface area contributed by atoms with Gasteiger partial charge in [0.1, 0.15) is 0 Å². The second-order valence-corrected chi connectivity index (χ2v) is 1.98. The molecule has 1 rings (SSSR count). The van der Waals surface area contributed by atoms with Crippen LogP contribution in [0.25, 0.3) is 0 Å². The highest BCUT2D eigenvalue weighted by molar-refractivity contribution is 4.99. The molecule has 0 bridgehead atoms. The van der Waals surface area contributed by atoms with Crippen LogP contribution in [0, 0.1) is 0 Å². The summed E-state index contributed by atoms with van der Waals surface area (Å²) in [6.07, 6.45) is 4.33. The van der Waals surface area contributed by atoms with Gasteiger partial charge in [-0.3, -0.25) is 0 Å². The molecular formula is C6H12N2. The average molecular weight is 112 g/mol. The molecule has 2 nitrogen and oxygen atoms in total. The fourth-order valence-electron chi connectivity index (χ4n) is 0.821. The summed E-state index contributed by atoms with van der Waals surface area (Å²) >= 11 is 0. The van der Waals surface area contributed by atoms with Gasteiger partial charge < -0.3 is 10.6 Å². The van der Waals surface area contributed by atoms with E-state index >= 15 is 0 Å². The molecule has 2 N–H and O–H groups in total. The van der Waals surface area contributed by atoms with E-state index in [0.717, 1.165) is 13.1 Å². The number of rotatable bonds is 1. The Hall–Kier alpha value is -0.340. The first-order chi connectivity index (χ1) is 3.93. The van der Waals surface area contributed by atoms with Gasteiger partial charge in [0.2, 0.25) is 0 Å². The molecule has 1 aliphatic rings. The first-order valence-corrected chi connectivity index (χ1v) is 2.98. The summed E-state index contributed by atoms with van der Waals surface area (Å²) in [6.45, 7) is 2.09. The maximum atomic E-state index is 3.24. The minimum absolute atomic E-state index is 0.545. The number of hydrogen-bond acceptors (Lipinski definition) is 2. The van der Waals surface area contributed by atoms with E-state index in [1.54, 1.807) is 0 Å². The molecule has 1 atom stereocenters. The van der Waals surface area contributed by atoms with Crippen molar-refractivity contribution in [2.45, 2.75) is 6.04 Å². The quantitative estimate of drug-likeness (QED) is 0.456. The summed E-state index contributed by atoms with van der Waals surface area (Å²) in [5, 5.41) is 6.39. The standard InChI is InChI=1S/C6H12N2/c1-7-6-3-2-4-8-5-6/h2-3,6-8H,4-5H2,1H3. The Kier molecular flexibility index (Phi) is 2.06. The van der Waals surface area contributed by atoms with Gasteiger partial charge in [-0.25, -0.2) is 0 Å². The first-order valence-electron chi connectivity index (χ1n) is 2.98. The highest BCUT2D eigenvalue weighted by Crippen LogP contribution is 1.87. The minimum Gasteiger partial charge on any atom is -0.312 e. The Labute approximate surface area is 50.0 Å². The van der Waals surface area contributed by atoms with E-state index < -0.39 is 0 Å². The summed E-state index contributed by atoms with van der Waals surface area (Å²) in [5.41, 5.74) is 0. The van der Waals surface area contributed by atoms with Crippen LogP contribution in [0.1, 0.15) is 0 Å². The van der Waals surface area contributed by atoms with Crippen LogP contribution in [0.5, 0.6) is 0 Å². The molecule has 0 radical (unpaired) electrons. The lowest BCUT2D eigenvalue weighted by Gasteiger charge is -2.15. The number of nitrogens with one attached hydrogen (secondary N) is 2. The van der Waals surface area contributed by atoms with Gasteiger partial charge in [0.15, 0.2) is 0 Å². The molecule has 0 aromatic rings. The third-order valence-electron chi connectivity index (χ3n) is 1.37. The second-order valence-electron chi connectivity index (χ2n) is 1.98. The van der Waals surface area contributed by atoms with E-state index in [9.17, 15) is 0 Å². The normalized spacial score (nSPS) is 28.4. The molecular weight excluding hydrogens is 100 g/mol. The van der Waals surface area contributed by atoms with Gasteiger partial charge in [0.05, 0.1) is 0 Å². The third kappa shape index (κ3) is 1.32. The van der Waals surface area contributed by atoms with Gasteiger partial charge in [0, 0.05) is 19.1 Å². The summed E-state index contributed by atoms with van der Waals surface area (Å²) in [6, 6.07) is 0.545. The second kappa shape index (κ2) is 2.84. The van der Waals surface area contributed by atoms with Crippen LogP contribution in [0.3, 0.4) is 0 Å². The smallest absolute Gasteiger partial charge is 0.0374 e. The topological polar surface area (TPSA) is 24.1 Å². The lowest BCUT2D eigenvalue weighted by Crippen LogP contribution is -2.37. The lowest BCUT2D eigenvalue weighted by molar-refractivity contribution is 0.580. The molecule has 2 heteroatoms. The maximum Gasteiger partial charge on any atom is 0.0374 e. The Morgan fingerprint density at radius 1 is 1.75 bits per heavy atom. The summed E-state index contributed by atoms with van der Waals surface area (Å²) in [5.74, 6) is 0. The summed E-state index contributed by atoms with van der Waals surface area (Å²) in [4.78, 5) is 0. The molecule has 1 heterocycles. The van der Waals surface area contributed by atoms with Gasteiger partial charge in [-0.15, -0.1) is 0 Å². The molecule has 1 unspecified atom stereocenters. The summed E-state index contributed by atoms with van der Waals surface area (Å²) < 4.78 is 0. The van der Waals surface area contributed by atoms with Crippen molar-refractivity contribution >= 4 is 0 Å². The third-order valence-corrected chi connectivity index (χ3v) is 1.37. The van der Waals surface area contributed by atoms with Gasteiger partial charge in [0.25, 0.3) is 0 Å². The van der Waals surface area contributed by atoms with Crippen molar-refractivity contribution in [3.63, 3.8) is 0 Å². The zero-order valence-corrected chi connectivity index (χ0v) is 5.15. The van der Waals surface area contributed by atoms with Crippen molar-refractivity contribution < 1.29 is 0 Å². The molecule has 8 heavy (non-hydrogen) atoms. The van der Waals surface area contributed by atoms with Gasteiger partial charge in [-0.05, 0) is 7.05 Å². The van der Waals surface area contributed by atoms with E-state index in [1.807, 2.05) is 7.05 Å². The SMILES string of the molecule is CNC1C=CCNC1. The van der Waals surface area contributed by atoms with Crippen molar-refractivity contribution in [2.75, 3.05) is 20.1 Å². The van der Waals surface area contributed by atoms with E-state index in [1.165, 1.54) is 0 Å². The van der Waals surface area contributed by atoms with E-state index in [-0.39, 0.29) is 0 Å². The van der Waals surface area contributed by atoms with Crippen LogP contribution >= 0.6 is 0 Å². The maximum absolute atomic E-state index is 3.24. The van der Waals surface area contributed by atoms with Gasteiger partial charge in [-0.1, -0.05) is 12.2 Å². The zero-order valence-electron chi connectivity index (χ0n) is 5.15. The highest BCUT2D eigenvalue weighted by atomic mass is 15.0. The molecule has 0 aliphatic carbocycles. The Morgan fingerprint density at radius 3 is 3.00 bits per heavy atom. The van der Waals surface area contributed by atoms with Crippen LogP contribution in [-0.2, 0) is 0 Å². The molecule has 46 valence electrons. The molecule has 1 aliphatic heterocycles. The molecule has 0 saturated heterocycles. The van der Waals surface area contributed by atoms with E-state index in [2.05, 4.69) is 22.8 Å². The van der Waals surface area contributed by atoms with Crippen molar-refractivity contribution in [3.8, 4) is 0 Å². The Morgan fingerprint density at radius 2 is 2.62 bits per heavy atom. The number of likely N-dealkylation sites (N-methyl/N-ethyl adjacent to an activating group) is 1.